The Labute approximate surface area is 136 Å². The van der Waals surface area contributed by atoms with E-state index in [1.54, 1.807) is 32.9 Å². The van der Waals surface area contributed by atoms with Crippen molar-refractivity contribution in [2.45, 2.75) is 39.4 Å². The van der Waals surface area contributed by atoms with Crippen LogP contribution in [-0.4, -0.2) is 47.3 Å². The molecular formula is C16H27NO6. The van der Waals surface area contributed by atoms with Crippen molar-refractivity contribution in [1.82, 2.24) is 5.32 Å². The number of benzene rings is 1. The van der Waals surface area contributed by atoms with Crippen molar-refractivity contribution in [1.29, 1.82) is 0 Å². The predicted octanol–water partition coefficient (Wildman–Crippen LogP) is 1.79. The van der Waals surface area contributed by atoms with E-state index in [9.17, 15) is 4.79 Å². The van der Waals surface area contributed by atoms with Gasteiger partial charge >= 0.3 is 6.09 Å². The minimum atomic E-state index is -0.455. The van der Waals surface area contributed by atoms with Crippen LogP contribution in [0.2, 0.25) is 0 Å². The van der Waals surface area contributed by atoms with Crippen molar-refractivity contribution in [2.24, 2.45) is 0 Å². The monoisotopic (exact) mass is 329 g/mol. The fraction of sp³-hybridized carbons (Fsp3) is 0.562. The zero-order valence-electron chi connectivity index (χ0n) is 14.1. The lowest BCUT2D eigenvalue weighted by atomic mass is 10.2. The molecular weight excluding hydrogens is 302 g/mol. The third-order valence-corrected chi connectivity index (χ3v) is 2.43. The Morgan fingerprint density at radius 3 is 2.39 bits per heavy atom. The highest BCUT2D eigenvalue weighted by Crippen LogP contribution is 2.25. The summed E-state index contributed by atoms with van der Waals surface area (Å²) in [4.78, 5) is 10.9. The van der Waals surface area contributed by atoms with E-state index in [1.165, 1.54) is 13.2 Å². The molecule has 1 amide bonds. The zero-order valence-corrected chi connectivity index (χ0v) is 14.1. The van der Waals surface area contributed by atoms with Crippen molar-refractivity contribution < 1.29 is 29.6 Å². The Bertz CT molecular complexity index is 470. The summed E-state index contributed by atoms with van der Waals surface area (Å²) < 4.78 is 9.78. The topological polar surface area (TPSA) is 108 Å². The summed E-state index contributed by atoms with van der Waals surface area (Å²) in [5.41, 5.74) is 0.267. The van der Waals surface area contributed by atoms with Gasteiger partial charge < -0.3 is 30.1 Å². The first-order valence-electron chi connectivity index (χ1n) is 7.28. The Kier molecular flexibility index (Phi) is 9.76. The fourth-order valence-corrected chi connectivity index (χ4v) is 1.40. The van der Waals surface area contributed by atoms with Crippen LogP contribution in [0.3, 0.4) is 0 Å². The minimum Gasteiger partial charge on any atom is -0.504 e. The molecule has 0 aromatic heterocycles. The van der Waals surface area contributed by atoms with Crippen LogP contribution in [0.25, 0.3) is 0 Å². The molecule has 1 aromatic carbocycles. The van der Waals surface area contributed by atoms with E-state index >= 15 is 0 Å². The molecule has 0 spiro atoms. The van der Waals surface area contributed by atoms with Gasteiger partial charge in [0.05, 0.1) is 13.7 Å². The molecule has 0 fully saturated rings. The van der Waals surface area contributed by atoms with Crippen LogP contribution < -0.4 is 10.1 Å². The number of alkyl carbamates (subject to hydrolysis) is 1. The number of amides is 1. The van der Waals surface area contributed by atoms with Gasteiger partial charge in [0.15, 0.2) is 11.5 Å². The van der Waals surface area contributed by atoms with Crippen molar-refractivity contribution in [3.8, 4) is 11.5 Å². The van der Waals surface area contributed by atoms with Crippen LogP contribution in [0.1, 0.15) is 32.8 Å². The lowest BCUT2D eigenvalue weighted by Gasteiger charge is -2.19. The van der Waals surface area contributed by atoms with Crippen molar-refractivity contribution in [3.63, 3.8) is 0 Å². The maximum atomic E-state index is 10.9. The number of phenolic OH excluding ortho intramolecular Hbond substituents is 1. The molecule has 0 aliphatic heterocycles. The third kappa shape index (κ3) is 10.4. The molecule has 4 N–H and O–H groups in total. The Morgan fingerprint density at radius 2 is 1.91 bits per heavy atom. The number of phenols is 1. The second kappa shape index (κ2) is 10.7. The van der Waals surface area contributed by atoms with Gasteiger partial charge in [-0.2, -0.15) is 0 Å². The first-order valence-corrected chi connectivity index (χ1v) is 7.28. The normalized spacial score (nSPS) is 10.3. The van der Waals surface area contributed by atoms with Crippen molar-refractivity contribution >= 4 is 6.09 Å². The summed E-state index contributed by atoms with van der Waals surface area (Å²) in [6.45, 7) is 5.90. The van der Waals surface area contributed by atoms with Crippen LogP contribution in [0.4, 0.5) is 4.79 Å². The number of nitrogens with one attached hydrogen (secondary N) is 1. The summed E-state index contributed by atoms with van der Waals surface area (Å²) >= 11 is 0. The molecule has 0 atom stereocenters. The number of aliphatic hydroxyl groups excluding tert-OH is 2. The van der Waals surface area contributed by atoms with E-state index in [0.717, 1.165) is 5.56 Å². The minimum absolute atomic E-state index is 0.0450. The SMILES string of the molecule is CC(C)(C)OC(=O)NCCCO.COc1cc(CO)ccc1O. The number of methoxy groups -OCH3 is 1. The lowest BCUT2D eigenvalue weighted by Crippen LogP contribution is -2.33. The van der Waals surface area contributed by atoms with E-state index in [-0.39, 0.29) is 19.0 Å². The second-order valence-corrected chi connectivity index (χ2v) is 5.67. The van der Waals surface area contributed by atoms with E-state index < -0.39 is 11.7 Å². The molecule has 0 unspecified atom stereocenters. The van der Waals surface area contributed by atoms with Crippen molar-refractivity contribution in [2.75, 3.05) is 20.3 Å². The number of aromatic hydroxyl groups is 1. The summed E-state index contributed by atoms with van der Waals surface area (Å²) in [7, 11) is 1.47. The van der Waals surface area contributed by atoms with Gasteiger partial charge in [-0.3, -0.25) is 0 Å². The number of carbonyl (C=O) groups is 1. The number of carbonyl (C=O) groups excluding carboxylic acids is 1. The first-order chi connectivity index (χ1) is 10.7. The molecule has 0 saturated carbocycles. The lowest BCUT2D eigenvalue weighted by molar-refractivity contribution is 0.0525. The number of hydrogen-bond acceptors (Lipinski definition) is 6. The van der Waals surface area contributed by atoms with Gasteiger partial charge in [0, 0.05) is 13.2 Å². The molecule has 0 aliphatic carbocycles. The average molecular weight is 329 g/mol. The third-order valence-electron chi connectivity index (χ3n) is 2.43. The van der Waals surface area contributed by atoms with E-state index in [0.29, 0.717) is 18.7 Å². The highest BCUT2D eigenvalue weighted by molar-refractivity contribution is 5.67. The highest BCUT2D eigenvalue weighted by atomic mass is 16.6. The molecule has 7 heteroatoms. The molecule has 132 valence electrons. The molecule has 0 bridgehead atoms. The maximum absolute atomic E-state index is 10.9. The molecule has 0 saturated heterocycles. The Morgan fingerprint density at radius 1 is 1.26 bits per heavy atom. The largest absolute Gasteiger partial charge is 0.504 e. The van der Waals surface area contributed by atoms with Crippen molar-refractivity contribution in [3.05, 3.63) is 23.8 Å². The van der Waals surface area contributed by atoms with E-state index in [2.05, 4.69) is 5.32 Å². The molecule has 7 nitrogen and oxygen atoms in total. The van der Waals surface area contributed by atoms with Gasteiger partial charge in [-0.25, -0.2) is 4.79 Å². The smallest absolute Gasteiger partial charge is 0.407 e. The van der Waals surface area contributed by atoms with Gasteiger partial charge in [0.25, 0.3) is 0 Å². The van der Waals surface area contributed by atoms with Crippen LogP contribution in [0.15, 0.2) is 18.2 Å². The Hall–Kier alpha value is -1.99. The summed E-state index contributed by atoms with van der Waals surface area (Å²) in [5.74, 6) is 0.473. The fourth-order valence-electron chi connectivity index (χ4n) is 1.40. The summed E-state index contributed by atoms with van der Waals surface area (Å²) in [5, 5.41) is 28.8. The van der Waals surface area contributed by atoms with Crippen LogP contribution in [0, 0.1) is 0 Å². The van der Waals surface area contributed by atoms with Gasteiger partial charge in [-0.05, 0) is 44.9 Å². The highest BCUT2D eigenvalue weighted by Gasteiger charge is 2.15. The number of hydrogen-bond donors (Lipinski definition) is 4. The molecule has 1 aromatic rings. The standard InChI is InChI=1S/C8H17NO3.C8H10O3/c1-8(2,3)12-7(11)9-5-4-6-10;1-11-8-4-6(5-9)2-3-7(8)10/h10H,4-6H2,1-3H3,(H,9,11);2-4,9-10H,5H2,1H3. The number of aliphatic hydroxyl groups is 2. The van der Waals surface area contributed by atoms with Crippen LogP contribution >= 0.6 is 0 Å². The van der Waals surface area contributed by atoms with Crippen LogP contribution in [-0.2, 0) is 11.3 Å². The molecule has 23 heavy (non-hydrogen) atoms. The molecule has 0 radical (unpaired) electrons. The summed E-state index contributed by atoms with van der Waals surface area (Å²) in [6, 6.07) is 4.72. The van der Waals surface area contributed by atoms with Gasteiger partial charge in [-0.15, -0.1) is 0 Å². The van der Waals surface area contributed by atoms with Gasteiger partial charge in [0.2, 0.25) is 0 Å². The van der Waals surface area contributed by atoms with Gasteiger partial charge in [-0.1, -0.05) is 6.07 Å². The Balaban J connectivity index is 0.000000422. The number of ether oxygens (including phenoxy) is 2. The average Bonchev–Trinajstić information content (AvgIpc) is 2.47. The van der Waals surface area contributed by atoms with Gasteiger partial charge in [0.1, 0.15) is 5.60 Å². The van der Waals surface area contributed by atoms with E-state index in [4.69, 9.17) is 24.8 Å². The zero-order chi connectivity index (χ0) is 17.9. The maximum Gasteiger partial charge on any atom is 0.407 e. The quantitative estimate of drug-likeness (QED) is 0.613. The number of rotatable bonds is 5. The molecule has 1 rings (SSSR count). The second-order valence-electron chi connectivity index (χ2n) is 5.67. The molecule has 0 heterocycles. The van der Waals surface area contributed by atoms with E-state index in [1.807, 2.05) is 0 Å². The van der Waals surface area contributed by atoms with Crippen LogP contribution in [0.5, 0.6) is 11.5 Å². The predicted molar refractivity (Wildman–Crippen MR) is 86.5 cm³/mol. The summed E-state index contributed by atoms with van der Waals surface area (Å²) in [6.07, 6.45) is 0.120. The molecule has 0 aliphatic rings. The first kappa shape index (κ1) is 21.0.